The Morgan fingerprint density at radius 2 is 2.28 bits per heavy atom. The third kappa shape index (κ3) is 5.99. The van der Waals surface area contributed by atoms with Crippen molar-refractivity contribution < 1.29 is 19.1 Å². The highest BCUT2D eigenvalue weighted by atomic mass is 127. The molecule has 1 saturated heterocycles. The molecule has 0 aliphatic carbocycles. The van der Waals surface area contributed by atoms with Gasteiger partial charge in [0.1, 0.15) is 3.92 Å². The molecule has 0 aromatic rings. The number of halogens is 1. The van der Waals surface area contributed by atoms with Crippen molar-refractivity contribution >= 4 is 34.5 Å². The first-order valence-electron chi connectivity index (χ1n) is 6.23. The fraction of sp³-hybridized carbons (Fsp3) is 0.833. The molecule has 18 heavy (non-hydrogen) atoms. The van der Waals surface area contributed by atoms with Crippen molar-refractivity contribution in [3.05, 3.63) is 0 Å². The van der Waals surface area contributed by atoms with Crippen molar-refractivity contribution in [3.63, 3.8) is 0 Å². The second-order valence-corrected chi connectivity index (χ2v) is 5.83. The van der Waals surface area contributed by atoms with Crippen LogP contribution in [0.3, 0.4) is 0 Å². The van der Waals surface area contributed by atoms with Gasteiger partial charge in [0, 0.05) is 19.6 Å². The minimum Gasteiger partial charge on any atom is -0.468 e. The van der Waals surface area contributed by atoms with Crippen molar-refractivity contribution in [3.8, 4) is 0 Å². The van der Waals surface area contributed by atoms with Gasteiger partial charge in [-0.25, -0.2) is 0 Å². The van der Waals surface area contributed by atoms with Crippen LogP contribution in [0.2, 0.25) is 0 Å². The molecule has 1 N–H and O–H groups in total. The predicted octanol–water partition coefficient (Wildman–Crippen LogP) is 1.43. The van der Waals surface area contributed by atoms with Crippen LogP contribution in [0.1, 0.15) is 32.1 Å². The molecule has 5 nitrogen and oxygen atoms in total. The molecular formula is C12H20INO4. The van der Waals surface area contributed by atoms with Gasteiger partial charge in [0.2, 0.25) is 5.91 Å². The van der Waals surface area contributed by atoms with Crippen LogP contribution in [0.15, 0.2) is 0 Å². The minimum absolute atomic E-state index is 0.0326. The maximum absolute atomic E-state index is 11.6. The predicted molar refractivity (Wildman–Crippen MR) is 75.7 cm³/mol. The summed E-state index contributed by atoms with van der Waals surface area (Å²) in [6.07, 6.45) is 4.79. The summed E-state index contributed by atoms with van der Waals surface area (Å²) in [7, 11) is 1.34. The second kappa shape index (κ2) is 8.68. The number of hydrogen-bond acceptors (Lipinski definition) is 4. The highest BCUT2D eigenvalue weighted by Gasteiger charge is 2.18. The third-order valence-electron chi connectivity index (χ3n) is 2.90. The van der Waals surface area contributed by atoms with Crippen molar-refractivity contribution in [2.75, 3.05) is 20.3 Å². The van der Waals surface area contributed by atoms with Crippen molar-refractivity contribution in [2.45, 2.75) is 42.1 Å². The number of nitrogens with one attached hydrogen (secondary N) is 1. The summed E-state index contributed by atoms with van der Waals surface area (Å²) in [4.78, 5) is 22.7. The Bertz CT molecular complexity index is 279. The highest BCUT2D eigenvalue weighted by molar-refractivity contribution is 14.1. The minimum atomic E-state index is -0.331. The van der Waals surface area contributed by atoms with E-state index >= 15 is 0 Å². The van der Waals surface area contributed by atoms with Gasteiger partial charge in [-0.05, 0) is 25.7 Å². The maximum atomic E-state index is 11.6. The van der Waals surface area contributed by atoms with E-state index in [1.165, 1.54) is 13.5 Å². The van der Waals surface area contributed by atoms with E-state index in [0.717, 1.165) is 25.9 Å². The molecule has 0 saturated carbocycles. The fourth-order valence-electron chi connectivity index (χ4n) is 1.83. The zero-order valence-corrected chi connectivity index (χ0v) is 12.8. The highest BCUT2D eigenvalue weighted by Crippen LogP contribution is 2.16. The van der Waals surface area contributed by atoms with Crippen molar-refractivity contribution in [1.29, 1.82) is 0 Å². The van der Waals surface area contributed by atoms with E-state index in [4.69, 9.17) is 4.74 Å². The van der Waals surface area contributed by atoms with E-state index in [2.05, 4.69) is 10.1 Å². The van der Waals surface area contributed by atoms with Gasteiger partial charge in [0.05, 0.1) is 13.2 Å². The largest absolute Gasteiger partial charge is 0.468 e. The normalized spacial score (nSPS) is 21.1. The number of alkyl halides is 1. The first-order chi connectivity index (χ1) is 8.63. The average molecular weight is 369 g/mol. The lowest BCUT2D eigenvalue weighted by atomic mass is 10.0. The lowest BCUT2D eigenvalue weighted by Crippen LogP contribution is -2.34. The van der Waals surface area contributed by atoms with Crippen LogP contribution < -0.4 is 5.32 Å². The van der Waals surface area contributed by atoms with E-state index in [-0.39, 0.29) is 21.9 Å². The maximum Gasteiger partial charge on any atom is 0.320 e. The molecule has 0 radical (unpaired) electrons. The lowest BCUT2D eigenvalue weighted by molar-refractivity contribution is -0.139. The van der Waals surface area contributed by atoms with Gasteiger partial charge in [0.15, 0.2) is 0 Å². The zero-order chi connectivity index (χ0) is 13.4. The number of methoxy groups -OCH3 is 1. The second-order valence-electron chi connectivity index (χ2n) is 4.32. The van der Waals surface area contributed by atoms with Crippen LogP contribution in [-0.2, 0) is 19.1 Å². The van der Waals surface area contributed by atoms with Crippen LogP contribution >= 0.6 is 22.6 Å². The van der Waals surface area contributed by atoms with Crippen LogP contribution in [0.5, 0.6) is 0 Å². The van der Waals surface area contributed by atoms with Crippen LogP contribution in [-0.4, -0.2) is 42.2 Å². The molecule has 0 aromatic heterocycles. The Labute approximate surface area is 121 Å². The number of esters is 1. The Morgan fingerprint density at radius 3 is 2.89 bits per heavy atom. The summed E-state index contributed by atoms with van der Waals surface area (Å²) < 4.78 is 9.80. The standard InChI is InChI=1S/C12H20INO4/c1-17-12(16)10(13)8-14-11(15)6-5-9-4-2-3-7-18-9/h9-10H,2-8H2,1H3,(H,14,15). The van der Waals surface area contributed by atoms with E-state index < -0.39 is 0 Å². The van der Waals surface area contributed by atoms with Crippen LogP contribution in [0.25, 0.3) is 0 Å². The molecular weight excluding hydrogens is 349 g/mol. The molecule has 0 spiro atoms. The quantitative estimate of drug-likeness (QED) is 0.437. The van der Waals surface area contributed by atoms with Gasteiger partial charge in [0.25, 0.3) is 0 Å². The number of rotatable bonds is 6. The number of ether oxygens (including phenoxy) is 2. The van der Waals surface area contributed by atoms with Crippen molar-refractivity contribution in [1.82, 2.24) is 5.32 Å². The molecule has 2 atom stereocenters. The first-order valence-corrected chi connectivity index (χ1v) is 7.48. The smallest absolute Gasteiger partial charge is 0.320 e. The van der Waals surface area contributed by atoms with Gasteiger partial charge in [-0.1, -0.05) is 22.6 Å². The van der Waals surface area contributed by atoms with Gasteiger partial charge in [-0.15, -0.1) is 0 Å². The molecule has 0 bridgehead atoms. The summed E-state index contributed by atoms with van der Waals surface area (Å²) in [6, 6.07) is 0. The summed E-state index contributed by atoms with van der Waals surface area (Å²) >= 11 is 1.96. The molecule has 6 heteroatoms. The van der Waals surface area contributed by atoms with E-state index in [1.807, 2.05) is 22.6 Å². The van der Waals surface area contributed by atoms with E-state index in [0.29, 0.717) is 13.0 Å². The third-order valence-corrected chi connectivity index (χ3v) is 3.85. The molecule has 1 rings (SSSR count). The molecule has 1 amide bonds. The van der Waals surface area contributed by atoms with Crippen LogP contribution in [0.4, 0.5) is 0 Å². The fourth-order valence-corrected chi connectivity index (χ4v) is 2.30. The number of carbonyl (C=O) groups excluding carboxylic acids is 2. The van der Waals surface area contributed by atoms with Crippen LogP contribution in [0, 0.1) is 0 Å². The van der Waals surface area contributed by atoms with E-state index in [1.54, 1.807) is 0 Å². The molecule has 2 unspecified atom stereocenters. The van der Waals surface area contributed by atoms with Gasteiger partial charge < -0.3 is 14.8 Å². The molecule has 104 valence electrons. The molecule has 1 heterocycles. The topological polar surface area (TPSA) is 64.6 Å². The average Bonchev–Trinajstić information content (AvgIpc) is 2.42. The lowest BCUT2D eigenvalue weighted by Gasteiger charge is -2.22. The van der Waals surface area contributed by atoms with Gasteiger partial charge >= 0.3 is 5.97 Å². The van der Waals surface area contributed by atoms with E-state index in [9.17, 15) is 9.59 Å². The summed E-state index contributed by atoms with van der Waals surface area (Å²) in [5.74, 6) is -0.346. The Morgan fingerprint density at radius 1 is 1.50 bits per heavy atom. The summed E-state index contributed by atoms with van der Waals surface area (Å²) in [5, 5.41) is 2.73. The Balaban J connectivity index is 2.11. The molecule has 0 aromatic carbocycles. The molecule has 1 aliphatic rings. The number of carbonyl (C=O) groups is 2. The van der Waals surface area contributed by atoms with Gasteiger partial charge in [-0.3, -0.25) is 9.59 Å². The summed E-state index contributed by atoms with van der Waals surface area (Å²) in [6.45, 7) is 1.13. The van der Waals surface area contributed by atoms with Gasteiger partial charge in [-0.2, -0.15) is 0 Å². The number of hydrogen-bond donors (Lipinski definition) is 1. The van der Waals surface area contributed by atoms with Crippen molar-refractivity contribution in [2.24, 2.45) is 0 Å². The summed E-state index contributed by atoms with van der Waals surface area (Å²) in [5.41, 5.74) is 0. The monoisotopic (exact) mass is 369 g/mol. The first kappa shape index (κ1) is 15.7. The Hall–Kier alpha value is -0.370. The number of amides is 1. The SMILES string of the molecule is COC(=O)C(I)CNC(=O)CCC1CCCCO1. The molecule has 1 fully saturated rings. The molecule has 1 aliphatic heterocycles. The Kier molecular flexibility index (Phi) is 7.57. The zero-order valence-electron chi connectivity index (χ0n) is 10.6.